The summed E-state index contributed by atoms with van der Waals surface area (Å²) in [5.74, 6) is 0.450. The summed E-state index contributed by atoms with van der Waals surface area (Å²) in [6.45, 7) is 4.03. The number of hydrogen-bond acceptors (Lipinski definition) is 4. The molecular formula is C15H19N5O. The van der Waals surface area contributed by atoms with Crippen LogP contribution in [0.1, 0.15) is 23.7 Å². The molecule has 2 heterocycles. The second kappa shape index (κ2) is 6.05. The van der Waals surface area contributed by atoms with E-state index in [1.807, 2.05) is 24.3 Å². The standard InChI is InChI=1S/C15H19N5O/c1-11-5-6-16-8-14(11)19-15(21)12-3-2-4-13(7-12)20-10-17-9-18-20/h2-4,7,9-11,14,16H,5-6,8H2,1H3,(H,19,21). The van der Waals surface area contributed by atoms with Crippen molar-refractivity contribution < 1.29 is 4.79 Å². The maximum absolute atomic E-state index is 12.4. The third-order valence-electron chi connectivity index (χ3n) is 3.94. The van der Waals surface area contributed by atoms with Crippen LogP contribution in [0.25, 0.3) is 5.69 Å². The van der Waals surface area contributed by atoms with Crippen LogP contribution in [-0.4, -0.2) is 39.8 Å². The van der Waals surface area contributed by atoms with Crippen molar-refractivity contribution in [1.82, 2.24) is 25.4 Å². The second-order valence-corrected chi connectivity index (χ2v) is 5.44. The largest absolute Gasteiger partial charge is 0.348 e. The van der Waals surface area contributed by atoms with Crippen LogP contribution in [0.5, 0.6) is 0 Å². The van der Waals surface area contributed by atoms with E-state index < -0.39 is 0 Å². The maximum atomic E-state index is 12.4. The van der Waals surface area contributed by atoms with Crippen molar-refractivity contribution in [2.45, 2.75) is 19.4 Å². The lowest BCUT2D eigenvalue weighted by atomic mass is 9.94. The SMILES string of the molecule is CC1CCNCC1NC(=O)c1cccc(-n2cncn2)c1. The van der Waals surface area contributed by atoms with Gasteiger partial charge in [0, 0.05) is 18.2 Å². The van der Waals surface area contributed by atoms with Crippen molar-refractivity contribution in [1.29, 1.82) is 0 Å². The van der Waals surface area contributed by atoms with E-state index in [9.17, 15) is 4.79 Å². The van der Waals surface area contributed by atoms with E-state index in [1.165, 1.54) is 6.33 Å². The van der Waals surface area contributed by atoms with Gasteiger partial charge in [-0.15, -0.1) is 0 Å². The topological polar surface area (TPSA) is 71.8 Å². The lowest BCUT2D eigenvalue weighted by Gasteiger charge is -2.30. The van der Waals surface area contributed by atoms with Gasteiger partial charge in [0.25, 0.3) is 5.91 Å². The van der Waals surface area contributed by atoms with Gasteiger partial charge in [-0.1, -0.05) is 13.0 Å². The van der Waals surface area contributed by atoms with Gasteiger partial charge >= 0.3 is 0 Å². The van der Waals surface area contributed by atoms with Crippen LogP contribution in [0, 0.1) is 5.92 Å². The fourth-order valence-electron chi connectivity index (χ4n) is 2.57. The molecular weight excluding hydrogens is 266 g/mol. The molecule has 0 aliphatic carbocycles. The molecule has 1 aliphatic heterocycles. The zero-order valence-corrected chi connectivity index (χ0v) is 12.0. The highest BCUT2D eigenvalue weighted by Gasteiger charge is 2.23. The molecule has 1 aromatic heterocycles. The van der Waals surface area contributed by atoms with E-state index in [-0.39, 0.29) is 11.9 Å². The molecule has 0 radical (unpaired) electrons. The molecule has 6 nitrogen and oxygen atoms in total. The van der Waals surface area contributed by atoms with Gasteiger partial charge in [0.15, 0.2) is 0 Å². The van der Waals surface area contributed by atoms with Gasteiger partial charge in [0.2, 0.25) is 0 Å². The summed E-state index contributed by atoms with van der Waals surface area (Å²) in [4.78, 5) is 16.3. The van der Waals surface area contributed by atoms with Gasteiger partial charge in [0.05, 0.1) is 5.69 Å². The Morgan fingerprint density at radius 2 is 2.38 bits per heavy atom. The molecule has 1 fully saturated rings. The average molecular weight is 285 g/mol. The first-order valence-electron chi connectivity index (χ1n) is 7.20. The monoisotopic (exact) mass is 285 g/mol. The molecule has 2 unspecified atom stereocenters. The molecule has 110 valence electrons. The predicted molar refractivity (Wildman–Crippen MR) is 79.3 cm³/mol. The van der Waals surface area contributed by atoms with Crippen molar-refractivity contribution in [3.05, 3.63) is 42.5 Å². The molecule has 1 amide bonds. The number of piperidine rings is 1. The highest BCUT2D eigenvalue weighted by atomic mass is 16.1. The zero-order chi connectivity index (χ0) is 14.7. The van der Waals surface area contributed by atoms with Crippen LogP contribution in [0.3, 0.4) is 0 Å². The number of amides is 1. The lowest BCUT2D eigenvalue weighted by molar-refractivity contribution is 0.0915. The van der Waals surface area contributed by atoms with Crippen LogP contribution in [0.15, 0.2) is 36.9 Å². The molecule has 1 saturated heterocycles. The molecule has 0 saturated carbocycles. The molecule has 2 aromatic rings. The number of nitrogens with one attached hydrogen (secondary N) is 2. The van der Waals surface area contributed by atoms with Gasteiger partial charge in [-0.05, 0) is 37.1 Å². The van der Waals surface area contributed by atoms with Gasteiger partial charge in [0.1, 0.15) is 12.7 Å². The minimum Gasteiger partial charge on any atom is -0.348 e. The number of hydrogen-bond donors (Lipinski definition) is 2. The van der Waals surface area contributed by atoms with Gasteiger partial charge in [-0.25, -0.2) is 9.67 Å². The molecule has 21 heavy (non-hydrogen) atoms. The van der Waals surface area contributed by atoms with Crippen molar-refractivity contribution in [3.8, 4) is 5.69 Å². The first-order valence-corrected chi connectivity index (χ1v) is 7.20. The first kappa shape index (κ1) is 13.8. The Morgan fingerprint density at radius 3 is 3.14 bits per heavy atom. The van der Waals surface area contributed by atoms with Crippen LogP contribution >= 0.6 is 0 Å². The Labute approximate surface area is 123 Å². The Morgan fingerprint density at radius 1 is 1.48 bits per heavy atom. The van der Waals surface area contributed by atoms with Crippen molar-refractivity contribution in [3.63, 3.8) is 0 Å². The molecule has 0 bridgehead atoms. The van der Waals surface area contributed by atoms with E-state index in [2.05, 4.69) is 27.6 Å². The fourth-order valence-corrected chi connectivity index (χ4v) is 2.57. The highest BCUT2D eigenvalue weighted by Crippen LogP contribution is 2.13. The average Bonchev–Trinajstić information content (AvgIpc) is 3.04. The van der Waals surface area contributed by atoms with E-state index >= 15 is 0 Å². The summed E-state index contributed by atoms with van der Waals surface area (Å²) in [6, 6.07) is 7.58. The lowest BCUT2D eigenvalue weighted by Crippen LogP contribution is -2.50. The quantitative estimate of drug-likeness (QED) is 0.882. The molecule has 2 atom stereocenters. The van der Waals surface area contributed by atoms with Crippen LogP contribution < -0.4 is 10.6 Å². The van der Waals surface area contributed by atoms with Crippen molar-refractivity contribution in [2.24, 2.45) is 5.92 Å². The Balaban J connectivity index is 1.74. The second-order valence-electron chi connectivity index (χ2n) is 5.44. The number of rotatable bonds is 3. The molecule has 1 aliphatic rings. The number of benzene rings is 1. The van der Waals surface area contributed by atoms with E-state index in [0.29, 0.717) is 11.5 Å². The number of aromatic nitrogens is 3. The third kappa shape index (κ3) is 3.11. The molecule has 0 spiro atoms. The fraction of sp³-hybridized carbons (Fsp3) is 0.400. The van der Waals surface area contributed by atoms with Crippen LogP contribution in [0.4, 0.5) is 0 Å². The Bertz CT molecular complexity index is 610. The number of carbonyl (C=O) groups is 1. The number of carbonyl (C=O) groups excluding carboxylic acids is 1. The molecule has 6 heteroatoms. The van der Waals surface area contributed by atoms with Crippen LogP contribution in [-0.2, 0) is 0 Å². The third-order valence-corrected chi connectivity index (χ3v) is 3.94. The van der Waals surface area contributed by atoms with Crippen LogP contribution in [0.2, 0.25) is 0 Å². The summed E-state index contributed by atoms with van der Waals surface area (Å²) >= 11 is 0. The van der Waals surface area contributed by atoms with E-state index in [0.717, 1.165) is 25.2 Å². The summed E-state index contributed by atoms with van der Waals surface area (Å²) in [7, 11) is 0. The Hall–Kier alpha value is -2.21. The molecule has 1 aromatic carbocycles. The summed E-state index contributed by atoms with van der Waals surface area (Å²) in [5.41, 5.74) is 1.47. The normalized spacial score (nSPS) is 22.0. The minimum atomic E-state index is -0.0440. The zero-order valence-electron chi connectivity index (χ0n) is 12.0. The minimum absolute atomic E-state index is 0.0440. The van der Waals surface area contributed by atoms with Gasteiger partial charge in [-0.2, -0.15) is 5.10 Å². The molecule has 3 rings (SSSR count). The van der Waals surface area contributed by atoms with E-state index in [1.54, 1.807) is 11.0 Å². The number of nitrogens with zero attached hydrogens (tertiary/aromatic N) is 3. The van der Waals surface area contributed by atoms with Crippen molar-refractivity contribution >= 4 is 5.91 Å². The maximum Gasteiger partial charge on any atom is 0.251 e. The summed E-state index contributed by atoms with van der Waals surface area (Å²) in [6.07, 6.45) is 4.18. The van der Waals surface area contributed by atoms with Gasteiger partial charge in [-0.3, -0.25) is 4.79 Å². The smallest absolute Gasteiger partial charge is 0.251 e. The van der Waals surface area contributed by atoms with Crippen molar-refractivity contribution in [2.75, 3.05) is 13.1 Å². The summed E-state index contributed by atoms with van der Waals surface area (Å²) in [5, 5.41) is 10.5. The highest BCUT2D eigenvalue weighted by molar-refractivity contribution is 5.94. The Kier molecular flexibility index (Phi) is 3.96. The predicted octanol–water partition coefficient (Wildman–Crippen LogP) is 0.995. The van der Waals surface area contributed by atoms with Gasteiger partial charge < -0.3 is 10.6 Å². The first-order chi connectivity index (χ1) is 10.2. The summed E-state index contributed by atoms with van der Waals surface area (Å²) < 4.78 is 1.64. The molecule has 2 N–H and O–H groups in total. The van der Waals surface area contributed by atoms with E-state index in [4.69, 9.17) is 0 Å².